The average Bonchev–Trinajstić information content (AvgIpc) is 2.85. The Kier molecular flexibility index (Phi) is 4.59. The number of benzene rings is 1. The van der Waals surface area contributed by atoms with Gasteiger partial charge in [-0.1, -0.05) is 23.9 Å². The van der Waals surface area contributed by atoms with Gasteiger partial charge in [-0.05, 0) is 48.1 Å². The molecule has 0 spiro atoms. The quantitative estimate of drug-likeness (QED) is 0.648. The van der Waals surface area contributed by atoms with Crippen LogP contribution in [0.2, 0.25) is 0 Å². The van der Waals surface area contributed by atoms with E-state index in [9.17, 15) is 14.7 Å². The van der Waals surface area contributed by atoms with Gasteiger partial charge < -0.3 is 5.11 Å². The smallest absolute Gasteiger partial charge is 0.285 e. The lowest BCUT2D eigenvalue weighted by Crippen LogP contribution is -2.44. The van der Waals surface area contributed by atoms with Crippen LogP contribution in [0.4, 0.5) is 0 Å². The molecule has 0 unspecified atom stereocenters. The summed E-state index contributed by atoms with van der Waals surface area (Å²) in [5, 5.41) is 10.3. The van der Waals surface area contributed by atoms with Gasteiger partial charge in [-0.2, -0.15) is 5.01 Å². The number of amides is 2. The number of hydrogen-bond acceptors (Lipinski definition) is 6. The van der Waals surface area contributed by atoms with E-state index in [1.807, 2.05) is 0 Å². The summed E-state index contributed by atoms with van der Waals surface area (Å²) in [5.74, 6) is -0.704. The Morgan fingerprint density at radius 2 is 1.88 bits per heavy atom. The number of nitrogens with zero attached hydrogens (tertiary/aromatic N) is 2. The predicted octanol–water partition coefficient (Wildman–Crippen LogP) is 2.33. The Bertz CT molecular complexity index is 835. The van der Waals surface area contributed by atoms with Crippen molar-refractivity contribution in [3.05, 3.63) is 64.8 Å². The van der Waals surface area contributed by atoms with Crippen molar-refractivity contribution in [1.29, 1.82) is 0 Å². The van der Waals surface area contributed by atoms with Gasteiger partial charge in [0.15, 0.2) is 4.32 Å². The summed E-state index contributed by atoms with van der Waals surface area (Å²) in [5.41, 5.74) is 3.61. The number of rotatable bonds is 3. The first-order chi connectivity index (χ1) is 11.5. The number of carbonyl (C=O) groups is 2. The molecule has 1 aromatic heterocycles. The number of hydrazine groups is 1. The number of phenolic OH excluding ortho intramolecular Hbond substituents is 1. The largest absolute Gasteiger partial charge is 0.508 e. The number of aromatic hydroxyl groups is 1. The van der Waals surface area contributed by atoms with Crippen molar-refractivity contribution in [2.24, 2.45) is 0 Å². The van der Waals surface area contributed by atoms with E-state index < -0.39 is 11.8 Å². The first-order valence-electron chi connectivity index (χ1n) is 6.82. The molecule has 2 amide bonds. The van der Waals surface area contributed by atoms with Crippen molar-refractivity contribution in [1.82, 2.24) is 15.4 Å². The van der Waals surface area contributed by atoms with Gasteiger partial charge in [-0.3, -0.25) is 20.0 Å². The minimum Gasteiger partial charge on any atom is -0.508 e. The number of phenols is 1. The van der Waals surface area contributed by atoms with Crippen LogP contribution in [0.1, 0.15) is 15.9 Å². The first-order valence-corrected chi connectivity index (χ1v) is 8.05. The van der Waals surface area contributed by atoms with Crippen molar-refractivity contribution in [3.63, 3.8) is 0 Å². The Labute approximate surface area is 147 Å². The lowest BCUT2D eigenvalue weighted by atomic mass is 10.2. The molecule has 8 heteroatoms. The second-order valence-corrected chi connectivity index (χ2v) is 6.46. The number of thioether (sulfide) groups is 1. The van der Waals surface area contributed by atoms with Crippen molar-refractivity contribution in [3.8, 4) is 5.75 Å². The van der Waals surface area contributed by atoms with E-state index in [2.05, 4.69) is 10.4 Å². The molecule has 2 heterocycles. The molecule has 1 aliphatic heterocycles. The second-order valence-electron chi connectivity index (χ2n) is 4.79. The maximum atomic E-state index is 12.4. The van der Waals surface area contributed by atoms with E-state index in [-0.39, 0.29) is 10.1 Å². The van der Waals surface area contributed by atoms with E-state index in [1.54, 1.807) is 30.3 Å². The van der Waals surface area contributed by atoms with Crippen molar-refractivity contribution in [2.75, 3.05) is 0 Å². The molecule has 6 nitrogen and oxygen atoms in total. The Balaban J connectivity index is 1.77. The minimum atomic E-state index is -0.445. The van der Waals surface area contributed by atoms with Gasteiger partial charge >= 0.3 is 0 Å². The van der Waals surface area contributed by atoms with Crippen LogP contribution in [0.25, 0.3) is 6.08 Å². The van der Waals surface area contributed by atoms with Crippen LogP contribution < -0.4 is 5.43 Å². The molecule has 0 aliphatic carbocycles. The minimum absolute atomic E-state index is 0.143. The molecule has 1 fully saturated rings. The molecule has 0 radical (unpaired) electrons. The van der Waals surface area contributed by atoms with E-state index in [1.165, 1.54) is 24.5 Å². The fourth-order valence-corrected chi connectivity index (χ4v) is 3.13. The zero-order chi connectivity index (χ0) is 17.1. The lowest BCUT2D eigenvalue weighted by molar-refractivity contribution is -0.123. The molecule has 1 aromatic carbocycles. The lowest BCUT2D eigenvalue weighted by Gasteiger charge is -2.15. The Hall–Kier alpha value is -2.71. The number of aromatic nitrogens is 1. The second kappa shape index (κ2) is 6.81. The third kappa shape index (κ3) is 3.44. The molecule has 2 N–H and O–H groups in total. The maximum Gasteiger partial charge on any atom is 0.285 e. The highest BCUT2D eigenvalue weighted by atomic mass is 32.2. The summed E-state index contributed by atoms with van der Waals surface area (Å²) in [7, 11) is 0. The molecule has 0 bridgehead atoms. The molecular formula is C16H11N3O3S2. The highest BCUT2D eigenvalue weighted by molar-refractivity contribution is 8.26. The fourth-order valence-electron chi connectivity index (χ4n) is 1.96. The van der Waals surface area contributed by atoms with E-state index in [0.29, 0.717) is 10.5 Å². The van der Waals surface area contributed by atoms with Gasteiger partial charge in [0, 0.05) is 18.0 Å². The summed E-state index contributed by atoms with van der Waals surface area (Å²) in [4.78, 5) is 28.8. The third-order valence-electron chi connectivity index (χ3n) is 3.14. The van der Waals surface area contributed by atoms with Crippen LogP contribution in [-0.2, 0) is 4.79 Å². The molecule has 1 saturated heterocycles. The number of hydrogen-bond donors (Lipinski definition) is 2. The van der Waals surface area contributed by atoms with Gasteiger partial charge in [0.05, 0.1) is 4.91 Å². The summed E-state index contributed by atoms with van der Waals surface area (Å²) >= 11 is 6.26. The molecule has 24 heavy (non-hydrogen) atoms. The maximum absolute atomic E-state index is 12.4. The summed E-state index contributed by atoms with van der Waals surface area (Å²) in [6.07, 6.45) is 4.63. The predicted molar refractivity (Wildman–Crippen MR) is 94.8 cm³/mol. The van der Waals surface area contributed by atoms with E-state index in [0.717, 1.165) is 22.3 Å². The molecule has 3 rings (SSSR count). The fraction of sp³-hybridized carbons (Fsp3) is 0. The Morgan fingerprint density at radius 1 is 1.21 bits per heavy atom. The van der Waals surface area contributed by atoms with Crippen LogP contribution in [0.3, 0.4) is 0 Å². The monoisotopic (exact) mass is 357 g/mol. The molecule has 120 valence electrons. The number of thiocarbonyl (C=S) groups is 1. The van der Waals surface area contributed by atoms with Crippen molar-refractivity contribution >= 4 is 46.2 Å². The van der Waals surface area contributed by atoms with Gasteiger partial charge in [0.2, 0.25) is 0 Å². The Morgan fingerprint density at radius 3 is 2.54 bits per heavy atom. The van der Waals surface area contributed by atoms with Gasteiger partial charge in [-0.15, -0.1) is 0 Å². The first kappa shape index (κ1) is 16.2. The van der Waals surface area contributed by atoms with Gasteiger partial charge in [0.1, 0.15) is 5.75 Å². The van der Waals surface area contributed by atoms with Crippen LogP contribution >= 0.6 is 24.0 Å². The topological polar surface area (TPSA) is 82.5 Å². The summed E-state index contributed by atoms with van der Waals surface area (Å²) in [6.45, 7) is 0. The molecular weight excluding hydrogens is 346 g/mol. The standard InChI is InChI=1S/C16H11N3O3S2/c20-12-3-1-10(2-4-12)9-13-15(22)19(16(23)24-13)18-14(21)11-5-7-17-8-6-11/h1-9,20H,(H,18,21)/b13-9-. The van der Waals surface area contributed by atoms with E-state index in [4.69, 9.17) is 12.2 Å². The van der Waals surface area contributed by atoms with Crippen LogP contribution in [0.5, 0.6) is 5.75 Å². The number of carbonyl (C=O) groups excluding carboxylic acids is 2. The summed E-state index contributed by atoms with van der Waals surface area (Å²) < 4.78 is 0.243. The van der Waals surface area contributed by atoms with Crippen LogP contribution in [0, 0.1) is 0 Å². The van der Waals surface area contributed by atoms with Gasteiger partial charge in [-0.25, -0.2) is 0 Å². The SMILES string of the molecule is O=C(NN1C(=O)/C(=C/c2ccc(O)cc2)SC1=S)c1ccncc1. The van der Waals surface area contributed by atoms with E-state index >= 15 is 0 Å². The summed E-state index contributed by atoms with van der Waals surface area (Å²) in [6, 6.07) is 9.49. The van der Waals surface area contributed by atoms with Gasteiger partial charge in [0.25, 0.3) is 11.8 Å². The highest BCUT2D eigenvalue weighted by Crippen LogP contribution is 2.31. The normalized spacial score (nSPS) is 15.8. The van der Waals surface area contributed by atoms with Crippen molar-refractivity contribution in [2.45, 2.75) is 0 Å². The molecule has 2 aromatic rings. The van der Waals surface area contributed by atoms with Crippen LogP contribution in [0.15, 0.2) is 53.7 Å². The highest BCUT2D eigenvalue weighted by Gasteiger charge is 2.33. The van der Waals surface area contributed by atoms with Crippen LogP contribution in [-0.4, -0.2) is 31.2 Å². The molecule has 0 saturated carbocycles. The number of pyridine rings is 1. The average molecular weight is 357 g/mol. The molecule has 0 atom stereocenters. The van der Waals surface area contributed by atoms with Crippen molar-refractivity contribution < 1.29 is 14.7 Å². The molecule has 1 aliphatic rings. The number of nitrogens with one attached hydrogen (secondary N) is 1. The third-order valence-corrected chi connectivity index (χ3v) is 4.44. The zero-order valence-corrected chi connectivity index (χ0v) is 13.8. The zero-order valence-electron chi connectivity index (χ0n) is 12.2.